The summed E-state index contributed by atoms with van der Waals surface area (Å²) in [6.45, 7) is 8.07. The minimum absolute atomic E-state index is 0.463. The first-order valence-corrected chi connectivity index (χ1v) is 7.13. The molecule has 0 bridgehead atoms. The molecule has 1 aromatic carbocycles. The van der Waals surface area contributed by atoms with Gasteiger partial charge in [-0.2, -0.15) is 0 Å². The number of hydrogen-bond donors (Lipinski definition) is 1. The fourth-order valence-corrected chi connectivity index (χ4v) is 2.58. The zero-order valence-corrected chi connectivity index (χ0v) is 11.9. The predicted octanol–water partition coefficient (Wildman–Crippen LogP) is 2.99. The Morgan fingerprint density at radius 1 is 1.22 bits per heavy atom. The van der Waals surface area contributed by atoms with Crippen LogP contribution in [0.1, 0.15) is 36.9 Å². The fourth-order valence-electron chi connectivity index (χ4n) is 2.58. The van der Waals surface area contributed by atoms with Crippen LogP contribution in [0.5, 0.6) is 0 Å². The molecule has 1 atom stereocenters. The number of nitrogens with zero attached hydrogens (tertiary/aromatic N) is 1. The summed E-state index contributed by atoms with van der Waals surface area (Å²) in [6, 6.07) is 9.33. The Morgan fingerprint density at radius 2 is 1.83 bits per heavy atom. The van der Waals surface area contributed by atoms with E-state index in [2.05, 4.69) is 55.4 Å². The van der Waals surface area contributed by atoms with Crippen molar-refractivity contribution in [1.29, 1.82) is 0 Å². The Balaban J connectivity index is 1.77. The highest BCUT2D eigenvalue weighted by atomic mass is 15.1. The number of likely N-dealkylation sites (tertiary alicyclic amines) is 1. The van der Waals surface area contributed by atoms with Gasteiger partial charge in [0.15, 0.2) is 0 Å². The van der Waals surface area contributed by atoms with E-state index < -0.39 is 0 Å². The van der Waals surface area contributed by atoms with Gasteiger partial charge in [-0.15, -0.1) is 0 Å². The zero-order chi connectivity index (χ0) is 13.0. The van der Waals surface area contributed by atoms with E-state index in [9.17, 15) is 0 Å². The van der Waals surface area contributed by atoms with Crippen LogP contribution in [0.4, 0.5) is 0 Å². The van der Waals surface area contributed by atoms with Crippen LogP contribution >= 0.6 is 0 Å². The van der Waals surface area contributed by atoms with Gasteiger partial charge in [-0.3, -0.25) is 0 Å². The normalized spacial score (nSPS) is 19.9. The van der Waals surface area contributed by atoms with E-state index in [1.807, 2.05) is 0 Å². The van der Waals surface area contributed by atoms with Crippen LogP contribution in [0.2, 0.25) is 0 Å². The summed E-state index contributed by atoms with van der Waals surface area (Å²) in [5.41, 5.74) is 2.73. The van der Waals surface area contributed by atoms with Crippen molar-refractivity contribution in [3.8, 4) is 0 Å². The summed E-state index contributed by atoms with van der Waals surface area (Å²) < 4.78 is 0. The van der Waals surface area contributed by atoms with Crippen molar-refractivity contribution >= 4 is 0 Å². The van der Waals surface area contributed by atoms with E-state index in [0.29, 0.717) is 6.04 Å². The lowest BCUT2D eigenvalue weighted by Gasteiger charge is -2.30. The molecule has 0 amide bonds. The predicted molar refractivity (Wildman–Crippen MR) is 77.8 cm³/mol. The lowest BCUT2D eigenvalue weighted by molar-refractivity contribution is 0.213. The Kier molecular flexibility index (Phi) is 4.79. The monoisotopic (exact) mass is 246 g/mol. The zero-order valence-electron chi connectivity index (χ0n) is 11.9. The maximum atomic E-state index is 3.68. The molecule has 18 heavy (non-hydrogen) atoms. The molecule has 2 rings (SSSR count). The quantitative estimate of drug-likeness (QED) is 0.878. The highest BCUT2D eigenvalue weighted by Crippen LogP contribution is 2.18. The standard InChI is InChI=1S/C16H26N2/c1-13-4-6-16(7-5-13)14(2)17-12-15-8-10-18(3)11-9-15/h4-7,14-15,17H,8-12H2,1-3H3/t14-/m0/s1. The average Bonchev–Trinajstić information content (AvgIpc) is 2.38. The molecule has 0 aromatic heterocycles. The number of piperidine rings is 1. The summed E-state index contributed by atoms with van der Waals surface area (Å²) in [5, 5.41) is 3.68. The fraction of sp³-hybridized carbons (Fsp3) is 0.625. The van der Waals surface area contributed by atoms with Gasteiger partial charge >= 0.3 is 0 Å². The van der Waals surface area contributed by atoms with Crippen LogP contribution < -0.4 is 5.32 Å². The molecular formula is C16H26N2. The molecular weight excluding hydrogens is 220 g/mol. The molecule has 100 valence electrons. The molecule has 1 N–H and O–H groups in total. The van der Waals surface area contributed by atoms with Crippen LogP contribution in [-0.4, -0.2) is 31.6 Å². The van der Waals surface area contributed by atoms with Gasteiger partial charge in [-0.05, 0) is 64.9 Å². The minimum atomic E-state index is 0.463. The largest absolute Gasteiger partial charge is 0.310 e. The first-order valence-electron chi connectivity index (χ1n) is 7.13. The lowest BCUT2D eigenvalue weighted by atomic mass is 9.96. The van der Waals surface area contributed by atoms with Gasteiger partial charge in [0.2, 0.25) is 0 Å². The first kappa shape index (κ1) is 13.6. The maximum absolute atomic E-state index is 3.68. The summed E-state index contributed by atoms with van der Waals surface area (Å²) in [4.78, 5) is 2.43. The highest BCUT2D eigenvalue weighted by Gasteiger charge is 2.17. The van der Waals surface area contributed by atoms with E-state index in [1.165, 1.54) is 37.1 Å². The van der Waals surface area contributed by atoms with Crippen LogP contribution in [0.15, 0.2) is 24.3 Å². The SMILES string of the molecule is Cc1ccc([C@H](C)NCC2CCN(C)CC2)cc1. The van der Waals surface area contributed by atoms with E-state index in [0.717, 1.165) is 12.5 Å². The van der Waals surface area contributed by atoms with Gasteiger partial charge in [-0.1, -0.05) is 29.8 Å². The number of benzene rings is 1. The van der Waals surface area contributed by atoms with E-state index >= 15 is 0 Å². The first-order chi connectivity index (χ1) is 8.65. The van der Waals surface area contributed by atoms with Crippen molar-refractivity contribution < 1.29 is 0 Å². The number of hydrogen-bond acceptors (Lipinski definition) is 2. The van der Waals surface area contributed by atoms with Gasteiger partial charge in [0.1, 0.15) is 0 Å². The van der Waals surface area contributed by atoms with Crippen molar-refractivity contribution in [3.63, 3.8) is 0 Å². The van der Waals surface area contributed by atoms with Crippen molar-refractivity contribution in [2.45, 2.75) is 32.7 Å². The van der Waals surface area contributed by atoms with Crippen LogP contribution in [0.25, 0.3) is 0 Å². The summed E-state index contributed by atoms with van der Waals surface area (Å²) >= 11 is 0. The Labute approximate surface area is 111 Å². The molecule has 1 fully saturated rings. The molecule has 1 heterocycles. The maximum Gasteiger partial charge on any atom is 0.0291 e. The third-order valence-corrected chi connectivity index (χ3v) is 4.13. The number of nitrogens with one attached hydrogen (secondary N) is 1. The number of rotatable bonds is 4. The van der Waals surface area contributed by atoms with Gasteiger partial charge in [0.25, 0.3) is 0 Å². The summed E-state index contributed by atoms with van der Waals surface area (Å²) in [6.07, 6.45) is 2.67. The van der Waals surface area contributed by atoms with Crippen molar-refractivity contribution in [3.05, 3.63) is 35.4 Å². The number of aryl methyl sites for hydroxylation is 1. The second kappa shape index (κ2) is 6.35. The molecule has 0 radical (unpaired) electrons. The molecule has 2 nitrogen and oxygen atoms in total. The Hall–Kier alpha value is -0.860. The Bertz CT molecular complexity index is 350. The third-order valence-electron chi connectivity index (χ3n) is 4.13. The topological polar surface area (TPSA) is 15.3 Å². The summed E-state index contributed by atoms with van der Waals surface area (Å²) in [5.74, 6) is 0.856. The molecule has 1 saturated heterocycles. The lowest BCUT2D eigenvalue weighted by Crippen LogP contribution is -2.35. The van der Waals surface area contributed by atoms with Crippen LogP contribution in [-0.2, 0) is 0 Å². The Morgan fingerprint density at radius 3 is 2.44 bits per heavy atom. The molecule has 0 saturated carbocycles. The average molecular weight is 246 g/mol. The molecule has 0 unspecified atom stereocenters. The van der Waals surface area contributed by atoms with Gasteiger partial charge < -0.3 is 10.2 Å². The molecule has 1 aliphatic rings. The smallest absolute Gasteiger partial charge is 0.0291 e. The molecule has 2 heteroatoms. The second-order valence-corrected chi connectivity index (χ2v) is 5.79. The van der Waals surface area contributed by atoms with E-state index in [1.54, 1.807) is 0 Å². The van der Waals surface area contributed by atoms with Gasteiger partial charge in [-0.25, -0.2) is 0 Å². The third kappa shape index (κ3) is 3.82. The molecule has 0 spiro atoms. The second-order valence-electron chi connectivity index (χ2n) is 5.79. The van der Waals surface area contributed by atoms with Gasteiger partial charge in [0, 0.05) is 6.04 Å². The van der Waals surface area contributed by atoms with E-state index in [-0.39, 0.29) is 0 Å². The van der Waals surface area contributed by atoms with Gasteiger partial charge in [0.05, 0.1) is 0 Å². The van der Waals surface area contributed by atoms with Crippen LogP contribution in [0, 0.1) is 12.8 Å². The van der Waals surface area contributed by atoms with Crippen molar-refractivity contribution in [2.24, 2.45) is 5.92 Å². The van der Waals surface area contributed by atoms with Crippen molar-refractivity contribution in [1.82, 2.24) is 10.2 Å². The van der Waals surface area contributed by atoms with E-state index in [4.69, 9.17) is 0 Å². The molecule has 1 aliphatic heterocycles. The molecule has 0 aliphatic carbocycles. The highest BCUT2D eigenvalue weighted by molar-refractivity contribution is 5.23. The summed E-state index contributed by atoms with van der Waals surface area (Å²) in [7, 11) is 2.22. The minimum Gasteiger partial charge on any atom is -0.310 e. The van der Waals surface area contributed by atoms with Crippen molar-refractivity contribution in [2.75, 3.05) is 26.7 Å². The van der Waals surface area contributed by atoms with Crippen LogP contribution in [0.3, 0.4) is 0 Å². The molecule has 1 aromatic rings.